The number of rotatable bonds is 6. The number of allylic oxidation sites excluding steroid dienone is 3. The zero-order chi connectivity index (χ0) is 11.1. The first-order chi connectivity index (χ1) is 7.24. The minimum absolute atomic E-state index is 0.281. The van der Waals surface area contributed by atoms with E-state index in [1.165, 1.54) is 5.57 Å². The summed E-state index contributed by atoms with van der Waals surface area (Å²) in [5.41, 5.74) is 1.44. The normalized spacial score (nSPS) is 14.1. The molecular weight excluding hydrogens is 186 g/mol. The van der Waals surface area contributed by atoms with Crippen LogP contribution in [0.2, 0.25) is 0 Å². The first-order valence-corrected chi connectivity index (χ1v) is 5.82. The molecule has 0 unspecified atom stereocenters. The third kappa shape index (κ3) is 4.32. The van der Waals surface area contributed by atoms with Gasteiger partial charge >= 0.3 is 0 Å². The molecule has 0 heterocycles. The second-order valence-electron chi connectivity index (χ2n) is 4.13. The summed E-state index contributed by atoms with van der Waals surface area (Å²) in [7, 11) is 1.90. The second-order valence-corrected chi connectivity index (χ2v) is 4.13. The summed E-state index contributed by atoms with van der Waals surface area (Å²) >= 11 is 0. The summed E-state index contributed by atoms with van der Waals surface area (Å²) in [4.78, 5) is 13.5. The Kier molecular flexibility index (Phi) is 5.16. The Morgan fingerprint density at radius 1 is 1.53 bits per heavy atom. The monoisotopic (exact) mass is 207 g/mol. The van der Waals surface area contributed by atoms with Gasteiger partial charge in [-0.2, -0.15) is 0 Å². The topological polar surface area (TPSA) is 20.3 Å². The largest absolute Gasteiger partial charge is 0.345 e. The maximum absolute atomic E-state index is 11.6. The highest BCUT2D eigenvalue weighted by atomic mass is 16.2. The highest BCUT2D eigenvalue weighted by molar-refractivity contribution is 5.75. The average molecular weight is 207 g/mol. The zero-order valence-corrected chi connectivity index (χ0v) is 9.83. The summed E-state index contributed by atoms with van der Waals surface area (Å²) < 4.78 is 0. The second kappa shape index (κ2) is 6.44. The lowest BCUT2D eigenvalue weighted by Crippen LogP contribution is -2.27. The fourth-order valence-electron chi connectivity index (χ4n) is 1.63. The lowest BCUT2D eigenvalue weighted by molar-refractivity contribution is -0.129. The van der Waals surface area contributed by atoms with Crippen molar-refractivity contribution in [1.82, 2.24) is 4.90 Å². The van der Waals surface area contributed by atoms with Crippen molar-refractivity contribution >= 4 is 5.91 Å². The van der Waals surface area contributed by atoms with Crippen molar-refractivity contribution in [2.45, 2.75) is 39.0 Å². The van der Waals surface area contributed by atoms with Crippen molar-refractivity contribution in [3.8, 4) is 0 Å². The van der Waals surface area contributed by atoms with Gasteiger partial charge in [0, 0.05) is 20.0 Å². The van der Waals surface area contributed by atoms with Crippen LogP contribution in [-0.2, 0) is 4.79 Å². The Hall–Kier alpha value is -1.05. The van der Waals surface area contributed by atoms with Crippen LogP contribution in [0.5, 0.6) is 0 Å². The van der Waals surface area contributed by atoms with Gasteiger partial charge in [-0.1, -0.05) is 37.1 Å². The molecule has 1 amide bonds. The number of unbranched alkanes of at least 4 members (excludes halogenated alkanes) is 1. The molecule has 0 fully saturated rings. The molecule has 1 aliphatic carbocycles. The molecule has 0 atom stereocenters. The van der Waals surface area contributed by atoms with Crippen LogP contribution in [0.25, 0.3) is 0 Å². The highest BCUT2D eigenvalue weighted by Gasteiger charge is 2.08. The number of nitrogens with zero attached hydrogens (tertiary/aromatic N) is 1. The van der Waals surface area contributed by atoms with E-state index in [1.807, 2.05) is 11.9 Å². The van der Waals surface area contributed by atoms with E-state index in [0.717, 1.165) is 32.2 Å². The molecule has 0 aromatic rings. The molecule has 0 aliphatic heterocycles. The standard InChI is InChI=1S/C13H21NO/c1-3-4-9-13(15)14(2)11-10-12-7-5-6-8-12/h5-7H,3-4,8-11H2,1-2H3. The Bertz CT molecular complexity index is 266. The van der Waals surface area contributed by atoms with Crippen LogP contribution < -0.4 is 0 Å². The van der Waals surface area contributed by atoms with E-state index >= 15 is 0 Å². The first kappa shape index (κ1) is 12.0. The number of carbonyl (C=O) groups excluding carboxylic acids is 1. The minimum atomic E-state index is 0.281. The fraction of sp³-hybridized carbons (Fsp3) is 0.615. The van der Waals surface area contributed by atoms with Crippen LogP contribution in [0, 0.1) is 0 Å². The SMILES string of the molecule is CCCCC(=O)N(C)CCC1=CC=CC1. The van der Waals surface area contributed by atoms with Crippen molar-refractivity contribution in [3.05, 3.63) is 23.8 Å². The summed E-state index contributed by atoms with van der Waals surface area (Å²) in [6, 6.07) is 0. The van der Waals surface area contributed by atoms with E-state index in [9.17, 15) is 4.79 Å². The van der Waals surface area contributed by atoms with Gasteiger partial charge in [-0.05, 0) is 19.3 Å². The van der Waals surface area contributed by atoms with Gasteiger partial charge in [0.15, 0.2) is 0 Å². The van der Waals surface area contributed by atoms with Crippen molar-refractivity contribution in [2.24, 2.45) is 0 Å². The zero-order valence-electron chi connectivity index (χ0n) is 9.83. The molecule has 15 heavy (non-hydrogen) atoms. The number of hydrogen-bond acceptors (Lipinski definition) is 1. The quantitative estimate of drug-likeness (QED) is 0.656. The van der Waals surface area contributed by atoms with Crippen LogP contribution in [0.3, 0.4) is 0 Å². The Labute approximate surface area is 92.7 Å². The third-order valence-corrected chi connectivity index (χ3v) is 2.79. The molecule has 0 bridgehead atoms. The molecule has 2 heteroatoms. The smallest absolute Gasteiger partial charge is 0.222 e. The van der Waals surface area contributed by atoms with Gasteiger partial charge in [-0.25, -0.2) is 0 Å². The van der Waals surface area contributed by atoms with Crippen molar-refractivity contribution < 1.29 is 4.79 Å². The van der Waals surface area contributed by atoms with Gasteiger partial charge in [0.1, 0.15) is 0 Å². The van der Waals surface area contributed by atoms with Crippen LogP contribution in [0.4, 0.5) is 0 Å². The predicted molar refractivity (Wildman–Crippen MR) is 63.6 cm³/mol. The lowest BCUT2D eigenvalue weighted by Gasteiger charge is -2.17. The van der Waals surface area contributed by atoms with Gasteiger partial charge in [0.25, 0.3) is 0 Å². The molecule has 84 valence electrons. The predicted octanol–water partition coefficient (Wildman–Crippen LogP) is 2.91. The maximum atomic E-state index is 11.6. The molecule has 0 saturated heterocycles. The molecule has 0 aromatic carbocycles. The average Bonchev–Trinajstić information content (AvgIpc) is 2.75. The van der Waals surface area contributed by atoms with E-state index in [4.69, 9.17) is 0 Å². The fourth-order valence-corrected chi connectivity index (χ4v) is 1.63. The van der Waals surface area contributed by atoms with Crippen molar-refractivity contribution in [1.29, 1.82) is 0 Å². The van der Waals surface area contributed by atoms with Crippen LogP contribution >= 0.6 is 0 Å². The minimum Gasteiger partial charge on any atom is -0.345 e. The number of carbonyl (C=O) groups is 1. The van der Waals surface area contributed by atoms with Crippen LogP contribution in [0.15, 0.2) is 23.8 Å². The molecule has 2 nitrogen and oxygen atoms in total. The van der Waals surface area contributed by atoms with Gasteiger partial charge in [-0.3, -0.25) is 4.79 Å². The van der Waals surface area contributed by atoms with E-state index in [2.05, 4.69) is 25.2 Å². The van der Waals surface area contributed by atoms with Gasteiger partial charge in [0.2, 0.25) is 5.91 Å². The van der Waals surface area contributed by atoms with E-state index in [-0.39, 0.29) is 5.91 Å². The summed E-state index contributed by atoms with van der Waals surface area (Å²) in [5.74, 6) is 0.281. The lowest BCUT2D eigenvalue weighted by atomic mass is 10.1. The molecule has 0 N–H and O–H groups in total. The first-order valence-electron chi connectivity index (χ1n) is 5.82. The summed E-state index contributed by atoms with van der Waals surface area (Å²) in [6.07, 6.45) is 11.3. The molecular formula is C13H21NO. The van der Waals surface area contributed by atoms with Gasteiger partial charge in [-0.15, -0.1) is 0 Å². The summed E-state index contributed by atoms with van der Waals surface area (Å²) in [6.45, 7) is 2.97. The van der Waals surface area contributed by atoms with E-state index in [0.29, 0.717) is 6.42 Å². The molecule has 1 rings (SSSR count). The van der Waals surface area contributed by atoms with Crippen molar-refractivity contribution in [2.75, 3.05) is 13.6 Å². The molecule has 0 spiro atoms. The summed E-state index contributed by atoms with van der Waals surface area (Å²) in [5, 5.41) is 0. The number of hydrogen-bond donors (Lipinski definition) is 0. The molecule has 0 saturated carbocycles. The third-order valence-electron chi connectivity index (χ3n) is 2.79. The van der Waals surface area contributed by atoms with Crippen molar-refractivity contribution in [3.63, 3.8) is 0 Å². The Morgan fingerprint density at radius 3 is 2.93 bits per heavy atom. The molecule has 0 aromatic heterocycles. The number of amides is 1. The Balaban J connectivity index is 2.17. The highest BCUT2D eigenvalue weighted by Crippen LogP contribution is 2.14. The van der Waals surface area contributed by atoms with E-state index < -0.39 is 0 Å². The van der Waals surface area contributed by atoms with Crippen LogP contribution in [-0.4, -0.2) is 24.4 Å². The van der Waals surface area contributed by atoms with Gasteiger partial charge < -0.3 is 4.90 Å². The van der Waals surface area contributed by atoms with E-state index in [1.54, 1.807) is 0 Å². The maximum Gasteiger partial charge on any atom is 0.222 e. The Morgan fingerprint density at radius 2 is 2.33 bits per heavy atom. The van der Waals surface area contributed by atoms with Crippen LogP contribution in [0.1, 0.15) is 39.0 Å². The molecule has 0 radical (unpaired) electrons. The molecule has 1 aliphatic rings. The van der Waals surface area contributed by atoms with Gasteiger partial charge in [0.05, 0.1) is 0 Å².